The van der Waals surface area contributed by atoms with Crippen LogP contribution in [0.1, 0.15) is 24.5 Å². The van der Waals surface area contributed by atoms with E-state index >= 15 is 0 Å². The number of hydrogen-bond donors (Lipinski definition) is 1. The van der Waals surface area contributed by atoms with Crippen molar-refractivity contribution in [3.8, 4) is 0 Å². The van der Waals surface area contributed by atoms with Gasteiger partial charge in [0, 0.05) is 22.3 Å². The molecular formula is C13H13BrN2O3. The zero-order chi connectivity index (χ0) is 14.0. The fourth-order valence-electron chi connectivity index (χ4n) is 1.73. The molecule has 0 aliphatic heterocycles. The van der Waals surface area contributed by atoms with Crippen LogP contribution in [0.5, 0.6) is 0 Å². The van der Waals surface area contributed by atoms with E-state index in [1.54, 1.807) is 6.07 Å². The van der Waals surface area contributed by atoms with E-state index in [1.807, 2.05) is 26.0 Å². The molecule has 0 radical (unpaired) electrons. The normalized spacial score (nSPS) is 12.2. The summed E-state index contributed by atoms with van der Waals surface area (Å²) in [6.45, 7) is 3.85. The summed E-state index contributed by atoms with van der Waals surface area (Å²) in [6.07, 6.45) is 0. The van der Waals surface area contributed by atoms with Crippen molar-refractivity contribution >= 4 is 27.3 Å². The number of rotatable bonds is 4. The average molecular weight is 325 g/mol. The third-order valence-electron chi connectivity index (χ3n) is 2.72. The number of nitro benzene ring substituents is 1. The Hall–Kier alpha value is -1.82. The maximum Gasteiger partial charge on any atom is 0.270 e. The molecule has 6 heteroatoms. The number of nitro groups is 1. The molecule has 0 bridgehead atoms. The fourth-order valence-corrected chi connectivity index (χ4v) is 2.21. The molecule has 1 aromatic carbocycles. The van der Waals surface area contributed by atoms with E-state index in [0.717, 1.165) is 17.2 Å². The van der Waals surface area contributed by atoms with Gasteiger partial charge in [-0.1, -0.05) is 0 Å². The number of benzene rings is 1. The molecule has 5 nitrogen and oxygen atoms in total. The molecule has 0 saturated heterocycles. The second-order valence-corrected chi connectivity index (χ2v) is 5.09. The minimum Gasteiger partial charge on any atom is -0.464 e. The predicted molar refractivity (Wildman–Crippen MR) is 76.3 cm³/mol. The number of aryl methyl sites for hydroxylation is 1. The molecule has 1 N–H and O–H groups in total. The summed E-state index contributed by atoms with van der Waals surface area (Å²) >= 11 is 3.32. The smallest absolute Gasteiger partial charge is 0.270 e. The summed E-state index contributed by atoms with van der Waals surface area (Å²) in [5.74, 6) is 1.68. The largest absolute Gasteiger partial charge is 0.464 e. The van der Waals surface area contributed by atoms with Crippen molar-refractivity contribution in [2.45, 2.75) is 19.9 Å². The predicted octanol–water partition coefficient (Wildman–Crippen LogP) is 4.43. The van der Waals surface area contributed by atoms with Gasteiger partial charge in [-0.2, -0.15) is 0 Å². The zero-order valence-corrected chi connectivity index (χ0v) is 12.1. The lowest BCUT2D eigenvalue weighted by Crippen LogP contribution is -2.06. The molecule has 0 aliphatic carbocycles. The van der Waals surface area contributed by atoms with E-state index in [0.29, 0.717) is 4.47 Å². The molecule has 100 valence electrons. The van der Waals surface area contributed by atoms with Gasteiger partial charge in [0.05, 0.1) is 11.0 Å². The van der Waals surface area contributed by atoms with Crippen molar-refractivity contribution in [3.05, 3.63) is 56.4 Å². The van der Waals surface area contributed by atoms with E-state index in [9.17, 15) is 10.1 Å². The van der Waals surface area contributed by atoms with Gasteiger partial charge in [-0.15, -0.1) is 0 Å². The summed E-state index contributed by atoms with van der Waals surface area (Å²) in [5, 5.41) is 13.9. The van der Waals surface area contributed by atoms with Crippen LogP contribution in [0.4, 0.5) is 11.4 Å². The van der Waals surface area contributed by atoms with Crippen molar-refractivity contribution in [2.75, 3.05) is 5.32 Å². The van der Waals surface area contributed by atoms with Crippen LogP contribution in [0.25, 0.3) is 0 Å². The lowest BCUT2D eigenvalue weighted by atomic mass is 10.2. The van der Waals surface area contributed by atoms with Gasteiger partial charge in [0.1, 0.15) is 11.5 Å². The van der Waals surface area contributed by atoms with Gasteiger partial charge in [-0.25, -0.2) is 0 Å². The van der Waals surface area contributed by atoms with Crippen LogP contribution in [0.3, 0.4) is 0 Å². The van der Waals surface area contributed by atoms with Crippen molar-refractivity contribution in [1.82, 2.24) is 0 Å². The third kappa shape index (κ3) is 3.14. The highest BCUT2D eigenvalue weighted by atomic mass is 79.9. The molecule has 0 fully saturated rings. The average Bonchev–Trinajstić information content (AvgIpc) is 2.78. The second-order valence-electron chi connectivity index (χ2n) is 4.24. The third-order valence-corrected chi connectivity index (χ3v) is 3.38. The zero-order valence-electron chi connectivity index (χ0n) is 10.5. The summed E-state index contributed by atoms with van der Waals surface area (Å²) < 4.78 is 6.18. The summed E-state index contributed by atoms with van der Waals surface area (Å²) in [5.41, 5.74) is 0.839. The van der Waals surface area contributed by atoms with Crippen LogP contribution in [0, 0.1) is 17.0 Å². The SMILES string of the molecule is Cc1ccc(C(C)Nc2ccc([N+](=O)[O-])cc2Br)o1. The Kier molecular flexibility index (Phi) is 3.90. The van der Waals surface area contributed by atoms with Crippen molar-refractivity contribution in [1.29, 1.82) is 0 Å². The molecule has 0 saturated carbocycles. The Bertz CT molecular complexity index is 610. The Labute approximate surface area is 118 Å². The van der Waals surface area contributed by atoms with Gasteiger partial charge < -0.3 is 9.73 Å². The summed E-state index contributed by atoms with van der Waals surface area (Å²) in [4.78, 5) is 10.2. The molecule has 1 unspecified atom stereocenters. The quantitative estimate of drug-likeness (QED) is 0.667. The topological polar surface area (TPSA) is 68.3 Å². The lowest BCUT2D eigenvalue weighted by molar-refractivity contribution is -0.384. The molecule has 0 spiro atoms. The van der Waals surface area contributed by atoms with Gasteiger partial charge in [0.15, 0.2) is 0 Å². The van der Waals surface area contributed by atoms with E-state index in [4.69, 9.17) is 4.42 Å². The number of non-ortho nitro benzene ring substituents is 1. The standard InChI is InChI=1S/C13H13BrN2O3/c1-8-3-6-13(19-8)9(2)15-12-5-4-10(16(17)18)7-11(12)14/h3-7,9,15H,1-2H3. The highest BCUT2D eigenvalue weighted by molar-refractivity contribution is 9.10. The van der Waals surface area contributed by atoms with Crippen LogP contribution in [-0.4, -0.2) is 4.92 Å². The van der Waals surface area contributed by atoms with E-state index < -0.39 is 4.92 Å². The first-order valence-electron chi connectivity index (χ1n) is 5.74. The number of anilines is 1. The number of hydrogen-bond acceptors (Lipinski definition) is 4. The fraction of sp³-hybridized carbons (Fsp3) is 0.231. The Morgan fingerprint density at radius 3 is 2.63 bits per heavy atom. The van der Waals surface area contributed by atoms with Gasteiger partial charge in [-0.05, 0) is 48.0 Å². The number of nitrogens with one attached hydrogen (secondary N) is 1. The molecular weight excluding hydrogens is 312 g/mol. The van der Waals surface area contributed by atoms with Crippen molar-refractivity contribution in [3.63, 3.8) is 0 Å². The van der Waals surface area contributed by atoms with Crippen molar-refractivity contribution < 1.29 is 9.34 Å². The van der Waals surface area contributed by atoms with Gasteiger partial charge in [0.2, 0.25) is 0 Å². The minimum absolute atomic E-state index is 0.0218. The Balaban J connectivity index is 2.17. The molecule has 2 rings (SSSR count). The lowest BCUT2D eigenvalue weighted by Gasteiger charge is -2.14. The van der Waals surface area contributed by atoms with Gasteiger partial charge in [-0.3, -0.25) is 10.1 Å². The number of nitrogens with zero attached hydrogens (tertiary/aromatic N) is 1. The molecule has 1 atom stereocenters. The first-order valence-corrected chi connectivity index (χ1v) is 6.53. The summed E-state index contributed by atoms with van der Waals surface area (Å²) in [7, 11) is 0. The van der Waals surface area contributed by atoms with Crippen molar-refractivity contribution in [2.24, 2.45) is 0 Å². The van der Waals surface area contributed by atoms with E-state index in [-0.39, 0.29) is 11.7 Å². The molecule has 0 aliphatic rings. The van der Waals surface area contributed by atoms with Crippen LogP contribution < -0.4 is 5.32 Å². The van der Waals surface area contributed by atoms with Crippen LogP contribution in [-0.2, 0) is 0 Å². The molecule has 2 aromatic rings. The van der Waals surface area contributed by atoms with Crippen LogP contribution in [0.15, 0.2) is 39.2 Å². The Morgan fingerprint density at radius 2 is 2.11 bits per heavy atom. The summed E-state index contributed by atoms with van der Waals surface area (Å²) in [6, 6.07) is 8.40. The van der Waals surface area contributed by atoms with Gasteiger partial charge in [0.25, 0.3) is 5.69 Å². The maximum atomic E-state index is 10.7. The molecule has 1 aromatic heterocycles. The minimum atomic E-state index is -0.423. The maximum absolute atomic E-state index is 10.7. The number of halogens is 1. The number of furan rings is 1. The Morgan fingerprint density at radius 1 is 1.37 bits per heavy atom. The van der Waals surface area contributed by atoms with Crippen LogP contribution in [0.2, 0.25) is 0 Å². The van der Waals surface area contributed by atoms with E-state index in [1.165, 1.54) is 12.1 Å². The monoisotopic (exact) mass is 324 g/mol. The first kappa shape index (κ1) is 13.6. The second kappa shape index (κ2) is 5.44. The highest BCUT2D eigenvalue weighted by Gasteiger charge is 2.13. The molecule has 0 amide bonds. The molecule has 1 heterocycles. The van der Waals surface area contributed by atoms with E-state index in [2.05, 4.69) is 21.2 Å². The first-order chi connectivity index (χ1) is 8.97. The highest BCUT2D eigenvalue weighted by Crippen LogP contribution is 2.30. The molecule has 19 heavy (non-hydrogen) atoms. The van der Waals surface area contributed by atoms with Crippen LogP contribution >= 0.6 is 15.9 Å². The van der Waals surface area contributed by atoms with Gasteiger partial charge >= 0.3 is 0 Å².